The second-order valence-electron chi connectivity index (χ2n) is 6.21. The van der Waals surface area contributed by atoms with Crippen molar-refractivity contribution in [2.24, 2.45) is 16.7 Å². The summed E-state index contributed by atoms with van der Waals surface area (Å²) in [5, 5.41) is 0. The fraction of sp³-hybridized carbons (Fsp3) is 1.00. The monoisotopic (exact) mass is 180 g/mol. The molecule has 13 heavy (non-hydrogen) atoms. The van der Waals surface area contributed by atoms with Gasteiger partial charge in [-0.1, -0.05) is 20.8 Å². The van der Waals surface area contributed by atoms with Crippen molar-refractivity contribution in [3.8, 4) is 0 Å². The summed E-state index contributed by atoms with van der Waals surface area (Å²) in [5.74, 6) is 0.944. The van der Waals surface area contributed by atoms with E-state index in [0.717, 1.165) is 18.0 Å². The fourth-order valence-corrected chi connectivity index (χ4v) is 3.91. The molecule has 2 heteroatoms. The predicted molar refractivity (Wildman–Crippen MR) is 53.1 cm³/mol. The van der Waals surface area contributed by atoms with E-state index in [1.165, 1.54) is 19.3 Å². The maximum atomic E-state index is 3.46. The Morgan fingerprint density at radius 2 is 1.62 bits per heavy atom. The minimum Gasteiger partial charge on any atom is -0.254 e. The van der Waals surface area contributed by atoms with Gasteiger partial charge in [0.25, 0.3) is 0 Å². The van der Waals surface area contributed by atoms with E-state index < -0.39 is 0 Å². The lowest BCUT2D eigenvalue weighted by Gasteiger charge is -2.23. The summed E-state index contributed by atoms with van der Waals surface area (Å²) >= 11 is 0. The number of hydrogen-bond donors (Lipinski definition) is 2. The van der Waals surface area contributed by atoms with E-state index in [1.807, 2.05) is 0 Å². The van der Waals surface area contributed by atoms with Gasteiger partial charge in [-0.05, 0) is 30.6 Å². The summed E-state index contributed by atoms with van der Waals surface area (Å²) in [7, 11) is 0. The summed E-state index contributed by atoms with van der Waals surface area (Å²) in [6.07, 6.45) is 4.24. The van der Waals surface area contributed by atoms with Gasteiger partial charge in [0, 0.05) is 17.5 Å². The fourth-order valence-electron chi connectivity index (χ4n) is 3.91. The van der Waals surface area contributed by atoms with Crippen molar-refractivity contribution < 1.29 is 0 Å². The summed E-state index contributed by atoms with van der Waals surface area (Å²) in [5.41, 5.74) is 8.08. The van der Waals surface area contributed by atoms with Crippen molar-refractivity contribution in [3.05, 3.63) is 0 Å². The van der Waals surface area contributed by atoms with Gasteiger partial charge in [-0.25, -0.2) is 0 Å². The zero-order chi connectivity index (χ0) is 9.27. The molecule has 3 rings (SSSR count). The minimum absolute atomic E-state index is 0.508. The maximum Gasteiger partial charge on any atom is 0.0288 e. The molecule has 2 nitrogen and oxygen atoms in total. The summed E-state index contributed by atoms with van der Waals surface area (Å²) in [6, 6.07) is 1.56. The molecule has 2 N–H and O–H groups in total. The molecule has 0 amide bonds. The van der Waals surface area contributed by atoms with Gasteiger partial charge in [-0.2, -0.15) is 0 Å². The molecule has 0 aromatic carbocycles. The molecule has 2 bridgehead atoms. The van der Waals surface area contributed by atoms with Crippen LogP contribution in [0.1, 0.15) is 40.0 Å². The highest BCUT2D eigenvalue weighted by molar-refractivity contribution is 5.23. The molecule has 0 radical (unpaired) electrons. The molecule has 1 spiro atoms. The summed E-state index contributed by atoms with van der Waals surface area (Å²) in [6.45, 7) is 7.18. The van der Waals surface area contributed by atoms with Crippen LogP contribution >= 0.6 is 0 Å². The van der Waals surface area contributed by atoms with Crippen molar-refractivity contribution in [1.82, 2.24) is 10.9 Å². The molecule has 3 fully saturated rings. The van der Waals surface area contributed by atoms with E-state index in [0.29, 0.717) is 10.8 Å². The molecule has 2 aliphatic carbocycles. The van der Waals surface area contributed by atoms with Crippen LogP contribution in [-0.2, 0) is 0 Å². The van der Waals surface area contributed by atoms with E-state index in [9.17, 15) is 0 Å². The van der Waals surface area contributed by atoms with Crippen molar-refractivity contribution in [3.63, 3.8) is 0 Å². The average molecular weight is 180 g/mol. The molecular formula is C11H20N2. The number of rotatable bonds is 0. The van der Waals surface area contributed by atoms with E-state index in [4.69, 9.17) is 0 Å². The molecule has 3 aliphatic rings. The molecule has 1 saturated heterocycles. The highest BCUT2D eigenvalue weighted by Crippen LogP contribution is 2.69. The summed E-state index contributed by atoms with van der Waals surface area (Å²) in [4.78, 5) is 0. The second kappa shape index (κ2) is 2.12. The highest BCUT2D eigenvalue weighted by atomic mass is 15.5. The van der Waals surface area contributed by atoms with Gasteiger partial charge in [0.2, 0.25) is 0 Å². The zero-order valence-electron chi connectivity index (χ0n) is 8.85. The van der Waals surface area contributed by atoms with Gasteiger partial charge in [0.15, 0.2) is 0 Å². The molecular weight excluding hydrogens is 160 g/mol. The van der Waals surface area contributed by atoms with Crippen LogP contribution in [0.15, 0.2) is 0 Å². The normalized spacial score (nSPS) is 53.3. The first-order chi connectivity index (χ1) is 6.05. The van der Waals surface area contributed by atoms with Crippen molar-refractivity contribution in [2.75, 3.05) is 0 Å². The molecule has 1 aliphatic heterocycles. The predicted octanol–water partition coefficient (Wildman–Crippen LogP) is 1.68. The number of hydrazine groups is 1. The lowest BCUT2D eigenvalue weighted by atomic mass is 9.82. The van der Waals surface area contributed by atoms with Crippen molar-refractivity contribution >= 4 is 0 Å². The Morgan fingerprint density at radius 1 is 1.08 bits per heavy atom. The quantitative estimate of drug-likeness (QED) is 0.592. The first kappa shape index (κ1) is 8.25. The largest absolute Gasteiger partial charge is 0.254 e. The molecule has 1 heterocycles. The Morgan fingerprint density at radius 3 is 1.92 bits per heavy atom. The van der Waals surface area contributed by atoms with E-state index in [2.05, 4.69) is 31.6 Å². The Labute approximate surface area is 80.4 Å². The van der Waals surface area contributed by atoms with Gasteiger partial charge in [0.05, 0.1) is 0 Å². The zero-order valence-corrected chi connectivity index (χ0v) is 8.85. The van der Waals surface area contributed by atoms with Crippen LogP contribution in [0.25, 0.3) is 0 Å². The third-order valence-corrected chi connectivity index (χ3v) is 4.57. The third-order valence-electron chi connectivity index (χ3n) is 4.57. The van der Waals surface area contributed by atoms with Gasteiger partial charge >= 0.3 is 0 Å². The maximum absolute atomic E-state index is 3.46. The highest BCUT2D eigenvalue weighted by Gasteiger charge is 2.71. The van der Waals surface area contributed by atoms with Gasteiger partial charge in [0.1, 0.15) is 0 Å². The van der Waals surface area contributed by atoms with Crippen LogP contribution in [0.4, 0.5) is 0 Å². The van der Waals surface area contributed by atoms with Crippen LogP contribution in [0.2, 0.25) is 0 Å². The molecule has 2 saturated carbocycles. The van der Waals surface area contributed by atoms with Gasteiger partial charge in [-0.15, -0.1) is 0 Å². The lowest BCUT2D eigenvalue weighted by molar-refractivity contribution is 0.270. The van der Waals surface area contributed by atoms with Crippen LogP contribution < -0.4 is 10.9 Å². The summed E-state index contributed by atoms with van der Waals surface area (Å²) < 4.78 is 0. The second-order valence-corrected chi connectivity index (χ2v) is 6.21. The van der Waals surface area contributed by atoms with E-state index >= 15 is 0 Å². The first-order valence-electron chi connectivity index (χ1n) is 5.56. The van der Waals surface area contributed by atoms with Crippen LogP contribution in [-0.4, -0.2) is 12.1 Å². The standard InChI is InChI=1S/C11H20N2/c1-10(2,3)7-6-11(7)8-4-5-9(11)13-12-8/h7-9,12-13H,4-6H2,1-3H3. The third kappa shape index (κ3) is 0.861. The van der Waals surface area contributed by atoms with Crippen LogP contribution in [0.3, 0.4) is 0 Å². The Hall–Kier alpha value is -0.0800. The number of nitrogens with one attached hydrogen (secondary N) is 2. The lowest BCUT2D eigenvalue weighted by Crippen LogP contribution is -2.37. The molecule has 0 aromatic rings. The minimum atomic E-state index is 0.508. The van der Waals surface area contributed by atoms with E-state index in [-0.39, 0.29) is 0 Å². The Bertz CT molecular complexity index is 221. The molecule has 3 atom stereocenters. The average Bonchev–Trinajstić information content (AvgIpc) is 2.61. The van der Waals surface area contributed by atoms with Gasteiger partial charge < -0.3 is 0 Å². The van der Waals surface area contributed by atoms with Crippen LogP contribution in [0, 0.1) is 16.7 Å². The molecule has 3 unspecified atom stereocenters. The SMILES string of the molecule is CC(C)(C)C1CC12C1CCC2NN1. The van der Waals surface area contributed by atoms with Crippen molar-refractivity contribution in [1.29, 1.82) is 0 Å². The van der Waals surface area contributed by atoms with Gasteiger partial charge in [-0.3, -0.25) is 10.9 Å². The smallest absolute Gasteiger partial charge is 0.0288 e. The van der Waals surface area contributed by atoms with Crippen LogP contribution in [0.5, 0.6) is 0 Å². The van der Waals surface area contributed by atoms with E-state index in [1.54, 1.807) is 0 Å². The first-order valence-corrected chi connectivity index (χ1v) is 5.56. The molecule has 0 aromatic heterocycles. The molecule has 74 valence electrons. The topological polar surface area (TPSA) is 24.1 Å². The van der Waals surface area contributed by atoms with Crippen molar-refractivity contribution in [2.45, 2.75) is 52.1 Å². The Balaban J connectivity index is 1.87. The Kier molecular flexibility index (Phi) is 1.34. The number of hydrogen-bond acceptors (Lipinski definition) is 2.